The molecule has 1 aromatic rings. The molecule has 0 bridgehead atoms. The standard InChI is InChI=1S/C11H15NO2/c1-8(2)9-4-5-11(14-7-13)10(6-9)12-3/h4-8,12H,1-3H3. The Morgan fingerprint density at radius 1 is 1.43 bits per heavy atom. The van der Waals surface area contributed by atoms with Gasteiger partial charge in [-0.25, -0.2) is 0 Å². The van der Waals surface area contributed by atoms with Crippen LogP contribution >= 0.6 is 0 Å². The van der Waals surface area contributed by atoms with E-state index in [2.05, 4.69) is 19.2 Å². The number of benzene rings is 1. The van der Waals surface area contributed by atoms with Gasteiger partial charge in [0.05, 0.1) is 5.69 Å². The minimum absolute atomic E-state index is 0.436. The Bertz CT molecular complexity index is 321. The largest absolute Gasteiger partial charge is 0.427 e. The summed E-state index contributed by atoms with van der Waals surface area (Å²) in [6, 6.07) is 5.75. The van der Waals surface area contributed by atoms with Crippen molar-refractivity contribution in [3.05, 3.63) is 23.8 Å². The number of carbonyl (C=O) groups is 1. The van der Waals surface area contributed by atoms with E-state index in [1.54, 1.807) is 13.1 Å². The molecule has 76 valence electrons. The molecule has 0 saturated heterocycles. The predicted molar refractivity (Wildman–Crippen MR) is 56.8 cm³/mol. The maximum atomic E-state index is 10.2. The molecule has 0 aliphatic carbocycles. The van der Waals surface area contributed by atoms with Crippen LogP contribution in [-0.2, 0) is 4.79 Å². The van der Waals surface area contributed by atoms with Crippen LogP contribution in [0.15, 0.2) is 18.2 Å². The summed E-state index contributed by atoms with van der Waals surface area (Å²) < 4.78 is 4.82. The molecule has 0 fully saturated rings. The maximum Gasteiger partial charge on any atom is 0.298 e. The van der Waals surface area contributed by atoms with Crippen molar-refractivity contribution in [3.8, 4) is 5.75 Å². The fourth-order valence-electron chi connectivity index (χ4n) is 1.26. The Labute approximate surface area is 84.1 Å². The molecule has 0 heterocycles. The Kier molecular flexibility index (Phi) is 3.51. The monoisotopic (exact) mass is 193 g/mol. The highest BCUT2D eigenvalue weighted by Crippen LogP contribution is 2.27. The molecule has 0 unspecified atom stereocenters. The van der Waals surface area contributed by atoms with Gasteiger partial charge in [-0.05, 0) is 23.6 Å². The highest BCUT2D eigenvalue weighted by Gasteiger charge is 2.05. The fraction of sp³-hybridized carbons (Fsp3) is 0.364. The van der Waals surface area contributed by atoms with Crippen LogP contribution in [0.1, 0.15) is 25.3 Å². The Morgan fingerprint density at radius 3 is 2.64 bits per heavy atom. The minimum Gasteiger partial charge on any atom is -0.427 e. The Balaban J connectivity index is 3.04. The lowest BCUT2D eigenvalue weighted by Gasteiger charge is -2.11. The first-order chi connectivity index (χ1) is 6.69. The van der Waals surface area contributed by atoms with Crippen molar-refractivity contribution >= 4 is 12.2 Å². The van der Waals surface area contributed by atoms with Crippen LogP contribution in [0.3, 0.4) is 0 Å². The molecule has 0 aromatic heterocycles. The van der Waals surface area contributed by atoms with Crippen molar-refractivity contribution in [2.75, 3.05) is 12.4 Å². The van der Waals surface area contributed by atoms with Crippen molar-refractivity contribution in [1.29, 1.82) is 0 Å². The first kappa shape index (κ1) is 10.6. The van der Waals surface area contributed by atoms with E-state index >= 15 is 0 Å². The second-order valence-corrected chi connectivity index (χ2v) is 3.37. The number of rotatable bonds is 4. The molecule has 0 saturated carbocycles. The molecule has 0 amide bonds. The summed E-state index contributed by atoms with van der Waals surface area (Å²) in [4.78, 5) is 10.2. The van der Waals surface area contributed by atoms with Gasteiger partial charge in [-0.15, -0.1) is 0 Å². The zero-order valence-electron chi connectivity index (χ0n) is 8.70. The normalized spacial score (nSPS) is 10.0. The first-order valence-electron chi connectivity index (χ1n) is 4.61. The van der Waals surface area contributed by atoms with Crippen molar-refractivity contribution < 1.29 is 9.53 Å². The molecular formula is C11H15NO2. The molecule has 3 heteroatoms. The van der Waals surface area contributed by atoms with Crippen LogP contribution in [0.4, 0.5) is 5.69 Å². The summed E-state index contributed by atoms with van der Waals surface area (Å²) in [5.74, 6) is 1.03. The van der Waals surface area contributed by atoms with Crippen LogP contribution < -0.4 is 10.1 Å². The van der Waals surface area contributed by atoms with Crippen LogP contribution in [0.25, 0.3) is 0 Å². The van der Waals surface area contributed by atoms with E-state index in [9.17, 15) is 4.79 Å². The first-order valence-corrected chi connectivity index (χ1v) is 4.61. The van der Waals surface area contributed by atoms with Crippen LogP contribution in [0, 0.1) is 0 Å². The molecule has 1 N–H and O–H groups in total. The van der Waals surface area contributed by atoms with Crippen LogP contribution in [0.5, 0.6) is 5.75 Å². The average Bonchev–Trinajstić information content (AvgIpc) is 2.18. The van der Waals surface area contributed by atoms with Crippen LogP contribution in [0.2, 0.25) is 0 Å². The summed E-state index contributed by atoms with van der Waals surface area (Å²) >= 11 is 0. The van der Waals surface area contributed by atoms with E-state index in [0.717, 1.165) is 5.69 Å². The molecule has 14 heavy (non-hydrogen) atoms. The van der Waals surface area contributed by atoms with Gasteiger partial charge in [0.1, 0.15) is 0 Å². The number of nitrogens with one attached hydrogen (secondary N) is 1. The van der Waals surface area contributed by atoms with E-state index in [1.807, 2.05) is 12.1 Å². The van der Waals surface area contributed by atoms with Crippen molar-refractivity contribution in [2.24, 2.45) is 0 Å². The SMILES string of the molecule is CNc1cc(C(C)C)ccc1OC=O. The van der Waals surface area contributed by atoms with E-state index in [1.165, 1.54) is 5.56 Å². The second kappa shape index (κ2) is 4.65. The number of hydrogen-bond donors (Lipinski definition) is 1. The smallest absolute Gasteiger partial charge is 0.298 e. The lowest BCUT2D eigenvalue weighted by Crippen LogP contribution is -1.98. The topological polar surface area (TPSA) is 38.3 Å². The van der Waals surface area contributed by atoms with E-state index in [-0.39, 0.29) is 0 Å². The van der Waals surface area contributed by atoms with Gasteiger partial charge in [0.2, 0.25) is 0 Å². The molecule has 0 aliphatic rings. The van der Waals surface area contributed by atoms with Gasteiger partial charge in [-0.3, -0.25) is 4.79 Å². The van der Waals surface area contributed by atoms with Gasteiger partial charge >= 0.3 is 0 Å². The van der Waals surface area contributed by atoms with E-state index in [0.29, 0.717) is 18.1 Å². The van der Waals surface area contributed by atoms with Gasteiger partial charge in [0.15, 0.2) is 5.75 Å². The quantitative estimate of drug-likeness (QED) is 0.746. The molecule has 0 aliphatic heterocycles. The van der Waals surface area contributed by atoms with E-state index < -0.39 is 0 Å². The fourth-order valence-corrected chi connectivity index (χ4v) is 1.26. The second-order valence-electron chi connectivity index (χ2n) is 3.37. The minimum atomic E-state index is 0.436. The van der Waals surface area contributed by atoms with Gasteiger partial charge in [0.25, 0.3) is 6.47 Å². The highest BCUT2D eigenvalue weighted by atomic mass is 16.5. The molecule has 1 rings (SSSR count). The lowest BCUT2D eigenvalue weighted by molar-refractivity contribution is -0.120. The third kappa shape index (κ3) is 2.25. The van der Waals surface area contributed by atoms with Crippen LogP contribution in [-0.4, -0.2) is 13.5 Å². The van der Waals surface area contributed by atoms with Crippen molar-refractivity contribution in [3.63, 3.8) is 0 Å². The molecule has 0 atom stereocenters. The number of anilines is 1. The third-order valence-electron chi connectivity index (χ3n) is 2.11. The Morgan fingerprint density at radius 2 is 2.14 bits per heavy atom. The number of ether oxygens (including phenoxy) is 1. The van der Waals surface area contributed by atoms with Crippen molar-refractivity contribution in [2.45, 2.75) is 19.8 Å². The summed E-state index contributed by atoms with van der Waals surface area (Å²) in [6.45, 7) is 4.68. The Hall–Kier alpha value is -1.51. The highest BCUT2D eigenvalue weighted by molar-refractivity contribution is 5.62. The number of hydrogen-bond acceptors (Lipinski definition) is 3. The molecule has 3 nitrogen and oxygen atoms in total. The van der Waals surface area contributed by atoms with Crippen molar-refractivity contribution in [1.82, 2.24) is 0 Å². The van der Waals surface area contributed by atoms with Gasteiger partial charge in [0, 0.05) is 7.05 Å². The predicted octanol–water partition coefficient (Wildman–Crippen LogP) is 2.39. The molecule has 0 radical (unpaired) electrons. The van der Waals surface area contributed by atoms with Gasteiger partial charge in [-0.1, -0.05) is 19.9 Å². The zero-order valence-corrected chi connectivity index (χ0v) is 8.70. The molecular weight excluding hydrogens is 178 g/mol. The maximum absolute atomic E-state index is 10.2. The van der Waals surface area contributed by atoms with Gasteiger partial charge in [-0.2, -0.15) is 0 Å². The zero-order chi connectivity index (χ0) is 10.6. The third-order valence-corrected chi connectivity index (χ3v) is 2.11. The van der Waals surface area contributed by atoms with Gasteiger partial charge < -0.3 is 10.1 Å². The van der Waals surface area contributed by atoms with E-state index in [4.69, 9.17) is 4.74 Å². The lowest BCUT2D eigenvalue weighted by atomic mass is 10.0. The average molecular weight is 193 g/mol. The summed E-state index contributed by atoms with van der Waals surface area (Å²) in [7, 11) is 1.80. The summed E-state index contributed by atoms with van der Waals surface area (Å²) in [6.07, 6.45) is 0. The molecule has 1 aromatic carbocycles. The number of carbonyl (C=O) groups excluding carboxylic acids is 1. The summed E-state index contributed by atoms with van der Waals surface area (Å²) in [5.41, 5.74) is 2.05. The summed E-state index contributed by atoms with van der Waals surface area (Å²) in [5, 5.41) is 2.99. The molecule has 0 spiro atoms.